The van der Waals surface area contributed by atoms with Crippen LogP contribution in [0.3, 0.4) is 0 Å². The quantitative estimate of drug-likeness (QED) is 0.429. The van der Waals surface area contributed by atoms with Crippen LogP contribution >= 0.6 is 11.8 Å². The predicted molar refractivity (Wildman–Crippen MR) is 92.9 cm³/mol. The van der Waals surface area contributed by atoms with Crippen LogP contribution in [0.25, 0.3) is 0 Å². The number of rotatable bonds is 6. The van der Waals surface area contributed by atoms with Crippen molar-refractivity contribution in [2.45, 2.75) is 42.2 Å². The van der Waals surface area contributed by atoms with Crippen LogP contribution in [0.2, 0.25) is 0 Å². The summed E-state index contributed by atoms with van der Waals surface area (Å²) >= 11 is 1.16. The third kappa shape index (κ3) is 4.37. The number of aromatic nitrogens is 4. The van der Waals surface area contributed by atoms with Crippen molar-refractivity contribution in [2.75, 3.05) is 6.61 Å². The van der Waals surface area contributed by atoms with E-state index in [2.05, 4.69) is 15.5 Å². The lowest BCUT2D eigenvalue weighted by Crippen LogP contribution is -2.17. The van der Waals surface area contributed by atoms with E-state index in [1.54, 1.807) is 7.05 Å². The van der Waals surface area contributed by atoms with Crippen molar-refractivity contribution in [1.82, 2.24) is 20.2 Å². The van der Waals surface area contributed by atoms with Gasteiger partial charge < -0.3 is 4.74 Å². The number of hydrogen-bond donors (Lipinski definition) is 0. The Balaban J connectivity index is 1.79. The minimum atomic E-state index is -0.558. The van der Waals surface area contributed by atoms with Gasteiger partial charge in [-0.1, -0.05) is 19.3 Å². The number of nitro benzene ring substituents is 1. The summed E-state index contributed by atoms with van der Waals surface area (Å²) in [7, 11) is 1.68. The summed E-state index contributed by atoms with van der Waals surface area (Å²) in [4.78, 5) is 23.6. The van der Waals surface area contributed by atoms with E-state index in [0.717, 1.165) is 37.4 Å². The van der Waals surface area contributed by atoms with Crippen LogP contribution in [0.5, 0.6) is 0 Å². The fourth-order valence-corrected chi connectivity index (χ4v) is 3.74. The van der Waals surface area contributed by atoms with Crippen molar-refractivity contribution in [3.63, 3.8) is 0 Å². The fourth-order valence-electron chi connectivity index (χ4n) is 2.91. The van der Waals surface area contributed by atoms with E-state index in [4.69, 9.17) is 4.74 Å². The molecule has 1 heterocycles. The van der Waals surface area contributed by atoms with Crippen LogP contribution in [0, 0.1) is 16.0 Å². The van der Waals surface area contributed by atoms with Crippen molar-refractivity contribution < 1.29 is 14.5 Å². The zero-order valence-corrected chi connectivity index (χ0v) is 15.1. The third-order valence-corrected chi connectivity index (χ3v) is 5.46. The van der Waals surface area contributed by atoms with E-state index in [1.807, 2.05) is 0 Å². The summed E-state index contributed by atoms with van der Waals surface area (Å²) in [6.07, 6.45) is 5.63. The van der Waals surface area contributed by atoms with Gasteiger partial charge in [0.2, 0.25) is 5.16 Å². The maximum Gasteiger partial charge on any atom is 0.339 e. The first kappa shape index (κ1) is 18.3. The zero-order chi connectivity index (χ0) is 18.5. The standard InChI is InChI=1S/C16H19N5O4S/c1-20-16(17-18-19-20)26-14-8-7-12(21(23)24)9-13(14)15(22)25-10-11-5-3-2-4-6-11/h7-9,11H,2-6,10H2,1H3. The molecule has 0 saturated heterocycles. The average Bonchev–Trinajstić information content (AvgIpc) is 3.05. The van der Waals surface area contributed by atoms with Gasteiger partial charge >= 0.3 is 5.97 Å². The molecule has 1 aliphatic rings. The first-order valence-electron chi connectivity index (χ1n) is 8.40. The summed E-state index contributed by atoms with van der Waals surface area (Å²) in [5.74, 6) is -0.192. The van der Waals surface area contributed by atoms with Crippen molar-refractivity contribution >= 4 is 23.4 Å². The predicted octanol–water partition coefficient (Wildman–Crippen LogP) is 3.01. The molecule has 0 bridgehead atoms. The molecule has 0 N–H and O–H groups in total. The molecule has 26 heavy (non-hydrogen) atoms. The zero-order valence-electron chi connectivity index (χ0n) is 14.3. The highest BCUT2D eigenvalue weighted by atomic mass is 32.2. The molecular formula is C16H19N5O4S. The van der Waals surface area contributed by atoms with Crippen LogP contribution in [0.15, 0.2) is 28.3 Å². The van der Waals surface area contributed by atoms with Gasteiger partial charge in [0.05, 0.1) is 17.1 Å². The topological polar surface area (TPSA) is 113 Å². The van der Waals surface area contributed by atoms with E-state index in [1.165, 1.54) is 29.3 Å². The van der Waals surface area contributed by atoms with Crippen LogP contribution in [0.4, 0.5) is 5.69 Å². The molecule has 0 radical (unpaired) electrons. The largest absolute Gasteiger partial charge is 0.462 e. The van der Waals surface area contributed by atoms with E-state index >= 15 is 0 Å². The molecule has 3 rings (SSSR count). The smallest absolute Gasteiger partial charge is 0.339 e. The van der Waals surface area contributed by atoms with Gasteiger partial charge in [-0.3, -0.25) is 10.1 Å². The maximum atomic E-state index is 12.6. The van der Waals surface area contributed by atoms with E-state index in [-0.39, 0.29) is 11.3 Å². The summed E-state index contributed by atoms with van der Waals surface area (Å²) in [5, 5.41) is 22.7. The molecule has 1 fully saturated rings. The Kier molecular flexibility index (Phi) is 5.82. The maximum absolute atomic E-state index is 12.6. The van der Waals surface area contributed by atoms with Gasteiger partial charge in [0.25, 0.3) is 5.69 Å². The number of non-ortho nitro benzene ring substituents is 1. The highest BCUT2D eigenvalue weighted by Crippen LogP contribution is 2.32. The van der Waals surface area contributed by atoms with Gasteiger partial charge in [-0.15, -0.1) is 5.10 Å². The Hall–Kier alpha value is -2.49. The number of benzene rings is 1. The number of nitro groups is 1. The van der Waals surface area contributed by atoms with Gasteiger partial charge in [0.1, 0.15) is 0 Å². The molecule has 138 valence electrons. The highest BCUT2D eigenvalue weighted by molar-refractivity contribution is 7.99. The molecule has 1 saturated carbocycles. The lowest BCUT2D eigenvalue weighted by atomic mass is 9.90. The molecule has 2 aromatic rings. The minimum absolute atomic E-state index is 0.156. The molecule has 0 atom stereocenters. The van der Waals surface area contributed by atoms with Gasteiger partial charge in [0.15, 0.2) is 0 Å². The van der Waals surface area contributed by atoms with E-state index in [0.29, 0.717) is 22.6 Å². The third-order valence-electron chi connectivity index (χ3n) is 4.35. The molecule has 1 aromatic heterocycles. The lowest BCUT2D eigenvalue weighted by molar-refractivity contribution is -0.384. The van der Waals surface area contributed by atoms with Crippen molar-refractivity contribution in [1.29, 1.82) is 0 Å². The van der Waals surface area contributed by atoms with E-state index < -0.39 is 10.9 Å². The van der Waals surface area contributed by atoms with E-state index in [9.17, 15) is 14.9 Å². The van der Waals surface area contributed by atoms with Crippen molar-refractivity contribution in [3.05, 3.63) is 33.9 Å². The number of aryl methyl sites for hydroxylation is 1. The summed E-state index contributed by atoms with van der Waals surface area (Å²) in [6.45, 7) is 0.344. The van der Waals surface area contributed by atoms with Gasteiger partial charge in [-0.2, -0.15) is 0 Å². The van der Waals surface area contributed by atoms with Crippen LogP contribution in [-0.4, -0.2) is 37.7 Å². The van der Waals surface area contributed by atoms with Crippen LogP contribution < -0.4 is 0 Å². The second kappa shape index (κ2) is 8.26. The van der Waals surface area contributed by atoms with Gasteiger partial charge in [-0.25, -0.2) is 9.48 Å². The monoisotopic (exact) mass is 377 g/mol. The van der Waals surface area contributed by atoms with Crippen molar-refractivity contribution in [3.8, 4) is 0 Å². The lowest BCUT2D eigenvalue weighted by Gasteiger charge is -2.21. The van der Waals surface area contributed by atoms with Gasteiger partial charge in [0, 0.05) is 24.1 Å². The first-order chi connectivity index (χ1) is 12.5. The highest BCUT2D eigenvalue weighted by Gasteiger charge is 2.22. The van der Waals surface area contributed by atoms with Crippen LogP contribution in [0.1, 0.15) is 42.5 Å². The summed E-state index contributed by atoms with van der Waals surface area (Å²) in [6, 6.07) is 4.12. The Labute approximate surface area is 154 Å². The Morgan fingerprint density at radius 2 is 2.15 bits per heavy atom. The number of esters is 1. The Bertz CT molecular complexity index is 804. The second-order valence-electron chi connectivity index (χ2n) is 6.23. The molecule has 0 amide bonds. The number of ether oxygens (including phenoxy) is 1. The number of tetrazole rings is 1. The average molecular weight is 377 g/mol. The second-order valence-corrected chi connectivity index (χ2v) is 7.24. The molecule has 9 nitrogen and oxygen atoms in total. The number of hydrogen-bond acceptors (Lipinski definition) is 8. The first-order valence-corrected chi connectivity index (χ1v) is 9.22. The molecule has 0 spiro atoms. The number of nitrogens with zero attached hydrogens (tertiary/aromatic N) is 5. The molecule has 1 aromatic carbocycles. The van der Waals surface area contributed by atoms with Crippen molar-refractivity contribution in [2.24, 2.45) is 13.0 Å². The molecule has 10 heteroatoms. The Morgan fingerprint density at radius 3 is 2.81 bits per heavy atom. The van der Waals surface area contributed by atoms with Gasteiger partial charge in [-0.05, 0) is 47.0 Å². The molecule has 0 unspecified atom stereocenters. The molecule has 0 aliphatic heterocycles. The molecular weight excluding hydrogens is 358 g/mol. The SMILES string of the molecule is Cn1nnnc1Sc1ccc([N+](=O)[O-])cc1C(=O)OCC1CCCCC1. The number of carbonyl (C=O) groups is 1. The minimum Gasteiger partial charge on any atom is -0.462 e. The summed E-state index contributed by atoms with van der Waals surface area (Å²) < 4.78 is 6.92. The number of carbonyl (C=O) groups excluding carboxylic acids is 1. The Morgan fingerprint density at radius 1 is 1.38 bits per heavy atom. The normalized spacial score (nSPS) is 15.0. The summed E-state index contributed by atoms with van der Waals surface area (Å²) in [5.41, 5.74) is -0.00179. The fraction of sp³-hybridized carbons (Fsp3) is 0.500. The molecule has 1 aliphatic carbocycles. The van der Waals surface area contributed by atoms with Crippen LogP contribution in [-0.2, 0) is 11.8 Å².